The molecule has 0 unspecified atom stereocenters. The van der Waals surface area contributed by atoms with Crippen LogP contribution in [0.4, 0.5) is 0 Å². The molecule has 0 spiro atoms. The van der Waals surface area contributed by atoms with Gasteiger partial charge in [0.2, 0.25) is 0 Å². The lowest BCUT2D eigenvalue weighted by Crippen LogP contribution is -2.08. The van der Waals surface area contributed by atoms with Crippen LogP contribution in [0, 0.1) is 0 Å². The Hall–Kier alpha value is -3.06. The normalized spacial score (nSPS) is 11.2. The van der Waals surface area contributed by atoms with E-state index in [0.717, 1.165) is 6.54 Å². The standard InChI is InChI=1S/C23H21N/c1-4-10-21(11-5-1)16-18-24(20-23-14-8-3-9-15-23)19-17-22-12-6-2-7-13-22/h1-19H,20H2. The molecule has 24 heavy (non-hydrogen) atoms. The lowest BCUT2D eigenvalue weighted by atomic mass is 10.2. The van der Waals surface area contributed by atoms with Crippen LogP contribution in [0.15, 0.2) is 103 Å². The van der Waals surface area contributed by atoms with E-state index in [9.17, 15) is 0 Å². The van der Waals surface area contributed by atoms with Crippen molar-refractivity contribution in [3.8, 4) is 0 Å². The van der Waals surface area contributed by atoms with E-state index in [2.05, 4.69) is 102 Å². The van der Waals surface area contributed by atoms with Crippen LogP contribution in [0.25, 0.3) is 12.2 Å². The molecule has 0 radical (unpaired) electrons. The van der Waals surface area contributed by atoms with Crippen LogP contribution >= 0.6 is 0 Å². The Balaban J connectivity index is 1.77. The van der Waals surface area contributed by atoms with Crippen LogP contribution in [0.2, 0.25) is 0 Å². The van der Waals surface area contributed by atoms with E-state index in [0.29, 0.717) is 0 Å². The molecule has 118 valence electrons. The Kier molecular flexibility index (Phi) is 5.63. The largest absolute Gasteiger partial charge is 0.350 e. The second-order valence-corrected chi connectivity index (χ2v) is 5.61. The predicted molar refractivity (Wildman–Crippen MR) is 103 cm³/mol. The molecular formula is C23H21N. The maximum Gasteiger partial charge on any atom is 0.0470 e. The Morgan fingerprint density at radius 3 is 1.42 bits per heavy atom. The average molecular weight is 311 g/mol. The Labute approximate surface area is 144 Å². The summed E-state index contributed by atoms with van der Waals surface area (Å²) < 4.78 is 0. The van der Waals surface area contributed by atoms with Gasteiger partial charge in [-0.1, -0.05) is 91.0 Å². The first-order chi connectivity index (χ1) is 11.9. The highest BCUT2D eigenvalue weighted by atomic mass is 15.1. The van der Waals surface area contributed by atoms with Gasteiger partial charge in [-0.3, -0.25) is 0 Å². The molecule has 0 aliphatic carbocycles. The predicted octanol–water partition coefficient (Wildman–Crippen LogP) is 5.83. The van der Waals surface area contributed by atoms with Crippen molar-refractivity contribution in [2.75, 3.05) is 0 Å². The molecule has 0 heterocycles. The molecule has 0 aliphatic rings. The van der Waals surface area contributed by atoms with Gasteiger partial charge in [0.05, 0.1) is 0 Å². The van der Waals surface area contributed by atoms with Gasteiger partial charge in [0.1, 0.15) is 0 Å². The summed E-state index contributed by atoms with van der Waals surface area (Å²) in [6, 6.07) is 31.2. The maximum atomic E-state index is 2.20. The van der Waals surface area contributed by atoms with Gasteiger partial charge >= 0.3 is 0 Å². The van der Waals surface area contributed by atoms with E-state index in [1.54, 1.807) is 0 Å². The van der Waals surface area contributed by atoms with Crippen LogP contribution in [0.3, 0.4) is 0 Å². The summed E-state index contributed by atoms with van der Waals surface area (Å²) in [6.45, 7) is 0.841. The monoisotopic (exact) mass is 311 g/mol. The fourth-order valence-corrected chi connectivity index (χ4v) is 2.44. The van der Waals surface area contributed by atoms with Gasteiger partial charge in [-0.25, -0.2) is 0 Å². The molecule has 0 aliphatic heterocycles. The average Bonchev–Trinajstić information content (AvgIpc) is 2.66. The zero-order valence-corrected chi connectivity index (χ0v) is 13.6. The van der Waals surface area contributed by atoms with Crippen LogP contribution in [0.1, 0.15) is 16.7 Å². The summed E-state index contributed by atoms with van der Waals surface area (Å²) in [6.07, 6.45) is 8.53. The summed E-state index contributed by atoms with van der Waals surface area (Å²) in [5.74, 6) is 0. The summed E-state index contributed by atoms with van der Waals surface area (Å²) in [7, 11) is 0. The van der Waals surface area contributed by atoms with Crippen LogP contribution < -0.4 is 0 Å². The molecule has 1 heteroatoms. The molecule has 0 saturated carbocycles. The first-order valence-corrected chi connectivity index (χ1v) is 8.16. The van der Waals surface area contributed by atoms with Gasteiger partial charge in [0.15, 0.2) is 0 Å². The fourth-order valence-electron chi connectivity index (χ4n) is 2.44. The van der Waals surface area contributed by atoms with Gasteiger partial charge in [0, 0.05) is 18.9 Å². The highest BCUT2D eigenvalue weighted by Gasteiger charge is 1.97. The van der Waals surface area contributed by atoms with Crippen LogP contribution in [0.5, 0.6) is 0 Å². The zero-order chi connectivity index (χ0) is 16.5. The fraction of sp³-hybridized carbons (Fsp3) is 0.0435. The molecule has 3 aromatic rings. The van der Waals surface area contributed by atoms with Crippen LogP contribution in [-0.4, -0.2) is 4.90 Å². The number of nitrogens with zero attached hydrogens (tertiary/aromatic N) is 1. The minimum Gasteiger partial charge on any atom is -0.350 e. The van der Waals surface area contributed by atoms with Crippen molar-refractivity contribution >= 4 is 12.2 Å². The summed E-state index contributed by atoms with van der Waals surface area (Å²) in [5, 5.41) is 0. The molecule has 1 nitrogen and oxygen atoms in total. The lowest BCUT2D eigenvalue weighted by Gasteiger charge is -2.16. The number of hydrogen-bond donors (Lipinski definition) is 0. The molecule has 0 fully saturated rings. The highest BCUT2D eigenvalue weighted by Crippen LogP contribution is 2.10. The van der Waals surface area contributed by atoms with Gasteiger partial charge in [0.25, 0.3) is 0 Å². The smallest absolute Gasteiger partial charge is 0.0470 e. The van der Waals surface area contributed by atoms with Crippen molar-refractivity contribution in [1.82, 2.24) is 4.90 Å². The molecular weight excluding hydrogens is 290 g/mol. The first-order valence-electron chi connectivity index (χ1n) is 8.16. The zero-order valence-electron chi connectivity index (χ0n) is 13.6. The number of rotatable bonds is 6. The van der Waals surface area contributed by atoms with E-state index in [-0.39, 0.29) is 0 Å². The van der Waals surface area contributed by atoms with Crippen molar-refractivity contribution in [3.63, 3.8) is 0 Å². The van der Waals surface area contributed by atoms with Crippen LogP contribution in [-0.2, 0) is 6.54 Å². The third-order valence-electron chi connectivity index (χ3n) is 3.72. The van der Waals surface area contributed by atoms with Crippen molar-refractivity contribution < 1.29 is 0 Å². The Morgan fingerprint density at radius 2 is 0.958 bits per heavy atom. The van der Waals surface area contributed by atoms with Crippen molar-refractivity contribution in [1.29, 1.82) is 0 Å². The Morgan fingerprint density at radius 1 is 0.542 bits per heavy atom. The first kappa shape index (κ1) is 15.8. The molecule has 0 N–H and O–H groups in total. The van der Waals surface area contributed by atoms with E-state index >= 15 is 0 Å². The third-order valence-corrected chi connectivity index (χ3v) is 3.72. The molecule has 0 atom stereocenters. The summed E-state index contributed by atoms with van der Waals surface area (Å²) >= 11 is 0. The maximum absolute atomic E-state index is 2.20. The van der Waals surface area contributed by atoms with Gasteiger partial charge in [-0.05, 0) is 28.8 Å². The summed E-state index contributed by atoms with van der Waals surface area (Å²) in [4.78, 5) is 2.20. The summed E-state index contributed by atoms with van der Waals surface area (Å²) in [5.41, 5.74) is 3.68. The van der Waals surface area contributed by atoms with E-state index in [1.807, 2.05) is 18.2 Å². The van der Waals surface area contributed by atoms with Gasteiger partial charge in [-0.2, -0.15) is 0 Å². The quantitative estimate of drug-likeness (QED) is 0.553. The van der Waals surface area contributed by atoms with E-state index in [4.69, 9.17) is 0 Å². The van der Waals surface area contributed by atoms with Gasteiger partial charge in [-0.15, -0.1) is 0 Å². The van der Waals surface area contributed by atoms with E-state index < -0.39 is 0 Å². The molecule has 3 rings (SSSR count). The van der Waals surface area contributed by atoms with Crippen molar-refractivity contribution in [2.45, 2.75) is 6.54 Å². The third kappa shape index (κ3) is 4.99. The topological polar surface area (TPSA) is 3.24 Å². The van der Waals surface area contributed by atoms with Crippen molar-refractivity contribution in [2.24, 2.45) is 0 Å². The number of benzene rings is 3. The molecule has 0 saturated heterocycles. The second kappa shape index (κ2) is 8.54. The molecule has 0 bridgehead atoms. The minimum absolute atomic E-state index is 0.841. The molecule has 0 amide bonds. The number of hydrogen-bond acceptors (Lipinski definition) is 1. The molecule has 3 aromatic carbocycles. The minimum atomic E-state index is 0.841. The molecule has 0 aromatic heterocycles. The second-order valence-electron chi connectivity index (χ2n) is 5.61. The SMILES string of the molecule is C(=CN(C=Cc1ccccc1)Cc1ccccc1)c1ccccc1. The lowest BCUT2D eigenvalue weighted by molar-refractivity contribution is 0.507. The van der Waals surface area contributed by atoms with E-state index in [1.165, 1.54) is 16.7 Å². The highest BCUT2D eigenvalue weighted by molar-refractivity contribution is 5.51. The van der Waals surface area contributed by atoms with Crippen molar-refractivity contribution in [3.05, 3.63) is 120 Å². The Bertz CT molecular complexity index is 725. The van der Waals surface area contributed by atoms with Gasteiger partial charge < -0.3 is 4.90 Å².